The maximum absolute atomic E-state index is 11.9. The van der Waals surface area contributed by atoms with Gasteiger partial charge in [-0.05, 0) is 65.5 Å². The lowest BCUT2D eigenvalue weighted by atomic mass is 10.1. The van der Waals surface area contributed by atoms with E-state index in [2.05, 4.69) is 38.2 Å². The molecule has 0 aliphatic heterocycles. The number of hydrogen-bond acceptors (Lipinski definition) is 5. The van der Waals surface area contributed by atoms with Crippen molar-refractivity contribution < 1.29 is 20.1 Å². The van der Waals surface area contributed by atoms with Crippen LogP contribution >= 0.6 is 0 Å². The molecule has 0 heterocycles. The second-order valence-corrected chi connectivity index (χ2v) is 8.72. The lowest BCUT2D eigenvalue weighted by molar-refractivity contribution is -0.107. The third kappa shape index (κ3) is 10.3. The predicted molar refractivity (Wildman–Crippen MR) is 151 cm³/mol. The van der Waals surface area contributed by atoms with Crippen molar-refractivity contribution in [3.63, 3.8) is 0 Å². The molecular weight excluding hydrogens is 452 g/mol. The lowest BCUT2D eigenvalue weighted by Gasteiger charge is -2.22. The quantitative estimate of drug-likeness (QED) is 0.104. The highest BCUT2D eigenvalue weighted by Crippen LogP contribution is 2.41. The van der Waals surface area contributed by atoms with Gasteiger partial charge in [0.2, 0.25) is 6.41 Å². The summed E-state index contributed by atoms with van der Waals surface area (Å²) in [5.74, 6) is -0.408. The van der Waals surface area contributed by atoms with Gasteiger partial charge in [-0.3, -0.25) is 4.79 Å². The summed E-state index contributed by atoms with van der Waals surface area (Å²) < 4.78 is 0. The SMILES string of the molecule is CC.CC(C)=CCC/C(C)=C/CC/C(C)=C/CN(C=O)c1cc(O)cc(O)c1Nc1ccccc1O. The topological polar surface area (TPSA) is 93.0 Å². The molecule has 2 aromatic carbocycles. The van der Waals surface area contributed by atoms with Gasteiger partial charge in [-0.25, -0.2) is 0 Å². The molecule has 6 heteroatoms. The third-order valence-electron chi connectivity index (χ3n) is 5.44. The third-order valence-corrected chi connectivity index (χ3v) is 5.44. The Labute approximate surface area is 216 Å². The first-order valence-corrected chi connectivity index (χ1v) is 12.5. The molecule has 0 atom stereocenters. The monoisotopic (exact) mass is 494 g/mol. The van der Waals surface area contributed by atoms with Crippen LogP contribution < -0.4 is 10.2 Å². The van der Waals surface area contributed by atoms with Gasteiger partial charge in [0.05, 0.1) is 11.4 Å². The first kappa shape index (κ1) is 30.4. The molecule has 0 radical (unpaired) electrons. The number of carbonyl (C=O) groups excluding carboxylic acids is 1. The van der Waals surface area contributed by atoms with Crippen LogP contribution in [-0.2, 0) is 4.79 Å². The standard InChI is InChI=1S/C28H36N2O4.C2H6/c1-20(2)9-7-10-21(3)11-8-12-22(4)15-16-30(19-31)25-17-23(32)18-27(34)28(25)29-24-13-5-6-14-26(24)33;1-2/h5-6,9,11,13-15,17-19,29,32-34H,7-8,10,12,16H2,1-4H3;1-2H3/b21-11+,22-15+;. The molecule has 0 aromatic heterocycles. The summed E-state index contributed by atoms with van der Waals surface area (Å²) in [5, 5.41) is 33.5. The van der Waals surface area contributed by atoms with E-state index < -0.39 is 0 Å². The van der Waals surface area contributed by atoms with Gasteiger partial charge in [0.25, 0.3) is 0 Å². The van der Waals surface area contributed by atoms with Crippen molar-refractivity contribution in [2.45, 2.75) is 67.2 Å². The molecule has 0 spiro atoms. The van der Waals surface area contributed by atoms with Crippen LogP contribution in [0.15, 0.2) is 71.3 Å². The van der Waals surface area contributed by atoms with E-state index in [1.165, 1.54) is 34.2 Å². The van der Waals surface area contributed by atoms with Crippen LogP contribution in [0.2, 0.25) is 0 Å². The summed E-state index contributed by atoms with van der Waals surface area (Å²) in [6, 6.07) is 9.17. The fourth-order valence-electron chi connectivity index (χ4n) is 3.46. The average molecular weight is 495 g/mol. The Balaban J connectivity index is 0.00000316. The number of allylic oxidation sites excluding steroid dienone is 5. The first-order chi connectivity index (χ1) is 17.2. The number of anilines is 3. The number of amides is 1. The highest BCUT2D eigenvalue weighted by molar-refractivity contribution is 5.90. The van der Waals surface area contributed by atoms with E-state index in [9.17, 15) is 20.1 Å². The van der Waals surface area contributed by atoms with Crippen molar-refractivity contribution in [3.05, 3.63) is 71.3 Å². The molecule has 6 nitrogen and oxygen atoms in total. The van der Waals surface area contributed by atoms with Crippen molar-refractivity contribution in [3.8, 4) is 17.2 Å². The Bertz CT molecular complexity index is 1070. The van der Waals surface area contributed by atoms with Crippen molar-refractivity contribution in [2.24, 2.45) is 0 Å². The number of para-hydroxylation sites is 2. The van der Waals surface area contributed by atoms with E-state index in [0.717, 1.165) is 31.3 Å². The molecule has 0 aliphatic carbocycles. The van der Waals surface area contributed by atoms with Crippen LogP contribution in [0.25, 0.3) is 0 Å². The van der Waals surface area contributed by atoms with Gasteiger partial charge in [0.15, 0.2) is 0 Å². The molecule has 0 bridgehead atoms. The normalized spacial score (nSPS) is 11.3. The molecule has 0 saturated heterocycles. The highest BCUT2D eigenvalue weighted by Gasteiger charge is 2.17. The molecule has 0 aliphatic rings. The lowest BCUT2D eigenvalue weighted by Crippen LogP contribution is -2.22. The molecule has 0 fully saturated rings. The number of aromatic hydroxyl groups is 3. The van der Waals surface area contributed by atoms with Gasteiger partial charge >= 0.3 is 0 Å². The summed E-state index contributed by atoms with van der Waals surface area (Å²) in [6.45, 7) is 12.7. The number of rotatable bonds is 12. The molecule has 2 aromatic rings. The molecule has 1 amide bonds. The molecule has 36 heavy (non-hydrogen) atoms. The Hall–Kier alpha value is -3.67. The Morgan fingerprint density at radius 3 is 2.08 bits per heavy atom. The van der Waals surface area contributed by atoms with Crippen LogP contribution in [-0.4, -0.2) is 28.3 Å². The molecule has 0 saturated carbocycles. The summed E-state index contributed by atoms with van der Waals surface area (Å²) in [7, 11) is 0. The van der Waals surface area contributed by atoms with Gasteiger partial charge in [0.1, 0.15) is 22.9 Å². The number of nitrogens with one attached hydrogen (secondary N) is 1. The second-order valence-electron chi connectivity index (χ2n) is 8.72. The van der Waals surface area contributed by atoms with Crippen LogP contribution in [0, 0.1) is 0 Å². The number of nitrogens with zero attached hydrogens (tertiary/aromatic N) is 1. The van der Waals surface area contributed by atoms with Crippen LogP contribution in [0.5, 0.6) is 17.2 Å². The largest absolute Gasteiger partial charge is 0.508 e. The fraction of sp³-hybridized carbons (Fsp3) is 0.367. The van der Waals surface area contributed by atoms with Crippen molar-refractivity contribution in [1.29, 1.82) is 0 Å². The number of carbonyl (C=O) groups is 1. The van der Waals surface area contributed by atoms with E-state index in [-0.39, 0.29) is 29.5 Å². The van der Waals surface area contributed by atoms with E-state index in [0.29, 0.717) is 17.8 Å². The van der Waals surface area contributed by atoms with Crippen molar-refractivity contribution in [1.82, 2.24) is 0 Å². The molecule has 2 rings (SSSR count). The summed E-state index contributed by atoms with van der Waals surface area (Å²) >= 11 is 0. The minimum Gasteiger partial charge on any atom is -0.508 e. The maximum atomic E-state index is 11.9. The zero-order valence-corrected chi connectivity index (χ0v) is 22.5. The van der Waals surface area contributed by atoms with E-state index >= 15 is 0 Å². The predicted octanol–water partition coefficient (Wildman–Crippen LogP) is 7.96. The minimum absolute atomic E-state index is 0.00137. The first-order valence-electron chi connectivity index (χ1n) is 12.5. The fourth-order valence-corrected chi connectivity index (χ4v) is 3.46. The Kier molecular flexibility index (Phi) is 13.6. The summed E-state index contributed by atoms with van der Waals surface area (Å²) in [5.41, 5.74) is 4.73. The average Bonchev–Trinajstić information content (AvgIpc) is 2.83. The van der Waals surface area contributed by atoms with Crippen LogP contribution in [0.3, 0.4) is 0 Å². The van der Waals surface area contributed by atoms with Crippen LogP contribution in [0.1, 0.15) is 67.2 Å². The van der Waals surface area contributed by atoms with E-state index in [1.807, 2.05) is 26.8 Å². The van der Waals surface area contributed by atoms with Crippen LogP contribution in [0.4, 0.5) is 17.1 Å². The van der Waals surface area contributed by atoms with Gasteiger partial charge in [-0.15, -0.1) is 0 Å². The van der Waals surface area contributed by atoms with Gasteiger partial charge < -0.3 is 25.5 Å². The van der Waals surface area contributed by atoms with Gasteiger partial charge in [-0.1, -0.05) is 60.9 Å². The van der Waals surface area contributed by atoms with E-state index in [1.54, 1.807) is 18.2 Å². The summed E-state index contributed by atoms with van der Waals surface area (Å²) in [4.78, 5) is 13.3. The Morgan fingerprint density at radius 1 is 0.861 bits per heavy atom. The molecule has 196 valence electrons. The number of phenolic OH excluding ortho intramolecular Hbond substituents is 3. The van der Waals surface area contributed by atoms with Gasteiger partial charge in [0, 0.05) is 18.7 Å². The smallest absolute Gasteiger partial charge is 0.214 e. The molecular formula is C30H42N2O4. The van der Waals surface area contributed by atoms with Gasteiger partial charge in [-0.2, -0.15) is 0 Å². The molecule has 4 N–H and O–H groups in total. The highest BCUT2D eigenvalue weighted by atomic mass is 16.3. The zero-order chi connectivity index (χ0) is 27.1. The Morgan fingerprint density at radius 2 is 1.47 bits per heavy atom. The second kappa shape index (κ2) is 16.1. The number of benzene rings is 2. The van der Waals surface area contributed by atoms with Crippen molar-refractivity contribution >= 4 is 23.5 Å². The summed E-state index contributed by atoms with van der Waals surface area (Å²) in [6.07, 6.45) is 11.0. The van der Waals surface area contributed by atoms with Crippen molar-refractivity contribution in [2.75, 3.05) is 16.8 Å². The number of hydrogen-bond donors (Lipinski definition) is 4. The molecule has 0 unspecified atom stereocenters. The van der Waals surface area contributed by atoms with E-state index in [4.69, 9.17) is 0 Å². The zero-order valence-electron chi connectivity index (χ0n) is 22.5. The minimum atomic E-state index is -0.237. The maximum Gasteiger partial charge on any atom is 0.214 e. The number of phenols is 3.